The average Bonchev–Trinajstić information content (AvgIpc) is 3.23. The minimum atomic E-state index is -0.186. The summed E-state index contributed by atoms with van der Waals surface area (Å²) in [6.45, 7) is 4.19. The third-order valence-corrected chi connectivity index (χ3v) is 5.95. The number of hydrogen-bond donors (Lipinski definition) is 1. The van der Waals surface area contributed by atoms with Crippen molar-refractivity contribution >= 4 is 27.5 Å². The minimum absolute atomic E-state index is 0.00947. The molecule has 1 atom stereocenters. The van der Waals surface area contributed by atoms with E-state index >= 15 is 0 Å². The van der Waals surface area contributed by atoms with Crippen LogP contribution in [-0.4, -0.2) is 43.4 Å². The highest BCUT2D eigenvalue weighted by atomic mass is 32.1. The van der Waals surface area contributed by atoms with Crippen molar-refractivity contribution in [3.05, 3.63) is 45.8 Å². The van der Waals surface area contributed by atoms with E-state index in [-0.39, 0.29) is 11.5 Å². The predicted molar refractivity (Wildman–Crippen MR) is 95.8 cm³/mol. The summed E-state index contributed by atoms with van der Waals surface area (Å²) in [6.07, 6.45) is 9.03. The number of rotatable bonds is 3. The molecule has 1 amide bonds. The lowest BCUT2D eigenvalue weighted by molar-refractivity contribution is 0.0666. The molecule has 7 nitrogen and oxygen atoms in total. The van der Waals surface area contributed by atoms with E-state index in [4.69, 9.17) is 0 Å². The van der Waals surface area contributed by atoms with Gasteiger partial charge in [0.1, 0.15) is 4.83 Å². The van der Waals surface area contributed by atoms with Crippen molar-refractivity contribution < 1.29 is 4.79 Å². The molecule has 25 heavy (non-hydrogen) atoms. The summed E-state index contributed by atoms with van der Waals surface area (Å²) in [5, 5.41) is 0.530. The van der Waals surface area contributed by atoms with Crippen LogP contribution < -0.4 is 5.56 Å². The molecule has 0 aromatic carbocycles. The molecule has 1 unspecified atom stereocenters. The van der Waals surface area contributed by atoms with Gasteiger partial charge >= 0.3 is 0 Å². The number of carbonyl (C=O) groups excluding carboxylic acids is 1. The number of nitrogens with one attached hydrogen (secondary N) is 1. The van der Waals surface area contributed by atoms with Crippen molar-refractivity contribution in [3.63, 3.8) is 0 Å². The molecule has 1 N–H and O–H groups in total. The molecule has 1 fully saturated rings. The van der Waals surface area contributed by atoms with Gasteiger partial charge in [-0.1, -0.05) is 0 Å². The van der Waals surface area contributed by atoms with Crippen molar-refractivity contribution in [1.29, 1.82) is 0 Å². The van der Waals surface area contributed by atoms with E-state index in [1.807, 2.05) is 24.3 Å². The first-order chi connectivity index (χ1) is 12.1. The van der Waals surface area contributed by atoms with Crippen LogP contribution in [-0.2, 0) is 6.54 Å². The molecule has 3 aromatic rings. The summed E-state index contributed by atoms with van der Waals surface area (Å²) in [5.74, 6) is 0.429. The fourth-order valence-corrected chi connectivity index (χ4v) is 4.64. The zero-order chi connectivity index (χ0) is 17.4. The van der Waals surface area contributed by atoms with E-state index in [2.05, 4.69) is 19.5 Å². The SMILES string of the molecule is Cc1c(C(=O)N2CCCC(Cn3ccnc3)C2)sc2nc[nH]c(=O)c12. The number of fused-ring (bicyclic) bond motifs is 1. The van der Waals surface area contributed by atoms with Crippen LogP contribution in [0.3, 0.4) is 0 Å². The molecule has 8 heteroatoms. The number of hydrogen-bond acceptors (Lipinski definition) is 5. The fourth-order valence-electron chi connectivity index (χ4n) is 3.52. The molecule has 0 radical (unpaired) electrons. The van der Waals surface area contributed by atoms with Crippen LogP contribution in [0.2, 0.25) is 0 Å². The number of carbonyl (C=O) groups is 1. The summed E-state index contributed by atoms with van der Waals surface area (Å²) in [7, 11) is 0. The highest BCUT2D eigenvalue weighted by Crippen LogP contribution is 2.29. The molecule has 0 spiro atoms. The average molecular weight is 357 g/mol. The predicted octanol–water partition coefficient (Wildman–Crippen LogP) is 2.04. The van der Waals surface area contributed by atoms with Gasteiger partial charge < -0.3 is 14.5 Å². The molecule has 3 aromatic heterocycles. The second kappa shape index (κ2) is 6.44. The summed E-state index contributed by atoms with van der Waals surface area (Å²) >= 11 is 1.31. The molecule has 4 heterocycles. The Labute approximate surface area is 148 Å². The van der Waals surface area contributed by atoms with Gasteiger partial charge in [-0.05, 0) is 31.2 Å². The number of aromatic amines is 1. The van der Waals surface area contributed by atoms with Crippen molar-refractivity contribution in [1.82, 2.24) is 24.4 Å². The Kier molecular flexibility index (Phi) is 4.12. The zero-order valence-corrected chi connectivity index (χ0v) is 14.8. The van der Waals surface area contributed by atoms with Gasteiger partial charge in [-0.3, -0.25) is 9.59 Å². The second-order valence-electron chi connectivity index (χ2n) is 6.49. The fraction of sp³-hybridized carbons (Fsp3) is 0.412. The minimum Gasteiger partial charge on any atom is -0.338 e. The number of aryl methyl sites for hydroxylation is 1. The van der Waals surface area contributed by atoms with Gasteiger partial charge in [-0.15, -0.1) is 11.3 Å². The molecule has 1 aliphatic heterocycles. The molecule has 1 aliphatic rings. The normalized spacial score (nSPS) is 18.0. The summed E-state index contributed by atoms with van der Waals surface area (Å²) in [5.41, 5.74) is 0.547. The van der Waals surface area contributed by atoms with Crippen LogP contribution in [0.1, 0.15) is 28.1 Å². The number of nitrogens with zero attached hydrogens (tertiary/aromatic N) is 4. The highest BCUT2D eigenvalue weighted by molar-refractivity contribution is 7.20. The molecule has 0 saturated carbocycles. The molecule has 130 valence electrons. The van der Waals surface area contributed by atoms with Crippen molar-refractivity contribution in [2.75, 3.05) is 13.1 Å². The number of thiophene rings is 1. The van der Waals surface area contributed by atoms with Crippen LogP contribution >= 0.6 is 11.3 Å². The monoisotopic (exact) mass is 357 g/mol. The maximum atomic E-state index is 13.0. The Morgan fingerprint density at radius 2 is 2.36 bits per heavy atom. The first-order valence-electron chi connectivity index (χ1n) is 8.35. The van der Waals surface area contributed by atoms with E-state index in [1.54, 1.807) is 6.20 Å². The lowest BCUT2D eigenvalue weighted by Crippen LogP contribution is -2.41. The number of piperidine rings is 1. The van der Waals surface area contributed by atoms with Gasteiger partial charge in [0.05, 0.1) is 22.9 Å². The van der Waals surface area contributed by atoms with E-state index in [9.17, 15) is 9.59 Å². The quantitative estimate of drug-likeness (QED) is 0.777. The zero-order valence-electron chi connectivity index (χ0n) is 13.9. The first kappa shape index (κ1) is 16.0. The topological polar surface area (TPSA) is 83.9 Å². The van der Waals surface area contributed by atoms with E-state index < -0.39 is 0 Å². The van der Waals surface area contributed by atoms with Crippen molar-refractivity contribution in [2.45, 2.75) is 26.3 Å². The Hall–Kier alpha value is -2.48. The van der Waals surface area contributed by atoms with Gasteiger partial charge in [0.15, 0.2) is 0 Å². The molecule has 1 saturated heterocycles. The Morgan fingerprint density at radius 3 is 3.12 bits per heavy atom. The standard InChI is InChI=1S/C17H19N5O2S/c1-11-13-15(23)19-9-20-16(13)25-14(11)17(24)22-5-2-3-12(8-22)7-21-6-4-18-10-21/h4,6,9-10,12H,2-3,5,7-8H2,1H3,(H,19,20,23). The van der Waals surface area contributed by atoms with Gasteiger partial charge in [0, 0.05) is 32.0 Å². The van der Waals surface area contributed by atoms with E-state index in [0.29, 0.717) is 21.0 Å². The summed E-state index contributed by atoms with van der Waals surface area (Å²) in [4.78, 5) is 39.1. The van der Waals surface area contributed by atoms with Gasteiger partial charge in [-0.2, -0.15) is 0 Å². The summed E-state index contributed by atoms with van der Waals surface area (Å²) < 4.78 is 2.06. The Balaban J connectivity index is 1.57. The highest BCUT2D eigenvalue weighted by Gasteiger charge is 2.28. The summed E-state index contributed by atoms with van der Waals surface area (Å²) in [6, 6.07) is 0. The van der Waals surface area contributed by atoms with Crippen molar-refractivity contribution in [2.24, 2.45) is 5.92 Å². The maximum Gasteiger partial charge on any atom is 0.264 e. The van der Waals surface area contributed by atoms with Crippen LogP contribution in [0.25, 0.3) is 10.2 Å². The number of imidazole rings is 1. The van der Waals surface area contributed by atoms with Crippen LogP contribution in [0.4, 0.5) is 0 Å². The smallest absolute Gasteiger partial charge is 0.264 e. The van der Waals surface area contributed by atoms with E-state index in [0.717, 1.165) is 38.0 Å². The number of likely N-dealkylation sites (tertiary alicyclic amines) is 1. The van der Waals surface area contributed by atoms with Gasteiger partial charge in [0.25, 0.3) is 11.5 Å². The Bertz CT molecular complexity index is 959. The van der Waals surface area contributed by atoms with Gasteiger partial charge in [0.2, 0.25) is 0 Å². The maximum absolute atomic E-state index is 13.0. The van der Waals surface area contributed by atoms with Crippen LogP contribution in [0.15, 0.2) is 29.8 Å². The number of amides is 1. The van der Waals surface area contributed by atoms with Crippen molar-refractivity contribution in [3.8, 4) is 0 Å². The molecular weight excluding hydrogens is 338 g/mol. The molecule has 0 aliphatic carbocycles. The molecule has 0 bridgehead atoms. The second-order valence-corrected chi connectivity index (χ2v) is 7.49. The Morgan fingerprint density at radius 1 is 1.48 bits per heavy atom. The largest absolute Gasteiger partial charge is 0.338 e. The third-order valence-electron chi connectivity index (χ3n) is 4.76. The van der Waals surface area contributed by atoms with E-state index in [1.165, 1.54) is 17.7 Å². The first-order valence-corrected chi connectivity index (χ1v) is 9.17. The number of H-pyrrole nitrogens is 1. The van der Waals surface area contributed by atoms with Crippen LogP contribution in [0.5, 0.6) is 0 Å². The lowest BCUT2D eigenvalue weighted by Gasteiger charge is -2.32. The van der Waals surface area contributed by atoms with Crippen LogP contribution in [0, 0.1) is 12.8 Å². The molecular formula is C17H19N5O2S. The third kappa shape index (κ3) is 2.97. The number of aromatic nitrogens is 4. The molecule has 4 rings (SSSR count). The lowest BCUT2D eigenvalue weighted by atomic mass is 9.97. The van der Waals surface area contributed by atoms with Gasteiger partial charge in [-0.25, -0.2) is 9.97 Å².